The number of rotatable bonds is 8. The number of anilines is 1. The Kier molecular flexibility index (Phi) is 6.25. The molecule has 0 radical (unpaired) electrons. The molecule has 0 atom stereocenters. The average Bonchev–Trinajstić information content (AvgIpc) is 3.41. The van der Waals surface area contributed by atoms with Crippen LogP contribution in [-0.2, 0) is 17.9 Å². The quantitative estimate of drug-likeness (QED) is 0.394. The number of amides is 1. The maximum Gasteiger partial charge on any atom is 0.419 e. The Morgan fingerprint density at radius 2 is 1.94 bits per heavy atom. The number of carbonyl (C=O) groups is 1. The molecule has 0 bridgehead atoms. The maximum absolute atomic E-state index is 12.7. The Morgan fingerprint density at radius 3 is 2.69 bits per heavy atom. The lowest BCUT2D eigenvalue weighted by Gasteiger charge is -2.24. The van der Waals surface area contributed by atoms with Crippen molar-refractivity contribution in [2.24, 2.45) is 0 Å². The fourth-order valence-corrected chi connectivity index (χ4v) is 4.21. The minimum absolute atomic E-state index is 0.00212. The van der Waals surface area contributed by atoms with Gasteiger partial charge in [-0.15, -0.1) is 0 Å². The van der Waals surface area contributed by atoms with Crippen LogP contribution in [0.4, 0.5) is 11.4 Å². The maximum atomic E-state index is 12.7. The number of nitrogens with zero attached hydrogens (tertiary/aromatic N) is 4. The summed E-state index contributed by atoms with van der Waals surface area (Å²) < 4.78 is 6.55. The molecule has 0 saturated carbocycles. The monoisotopic (exact) mass is 438 g/mol. The van der Waals surface area contributed by atoms with E-state index in [1.807, 2.05) is 12.1 Å². The number of para-hydroxylation sites is 1. The second kappa shape index (κ2) is 9.25. The van der Waals surface area contributed by atoms with Gasteiger partial charge in [0.1, 0.15) is 0 Å². The molecular formula is C23H26N4O5. The highest BCUT2D eigenvalue weighted by Crippen LogP contribution is 2.25. The number of carbonyl (C=O) groups excluding carboxylic acids is 1. The first-order chi connectivity index (χ1) is 15.4. The second-order valence-electron chi connectivity index (χ2n) is 8.10. The van der Waals surface area contributed by atoms with Gasteiger partial charge in [-0.05, 0) is 37.0 Å². The van der Waals surface area contributed by atoms with E-state index in [1.165, 1.54) is 41.3 Å². The average molecular weight is 438 g/mol. The highest BCUT2D eigenvalue weighted by Gasteiger charge is 2.18. The molecule has 1 amide bonds. The van der Waals surface area contributed by atoms with Crippen molar-refractivity contribution in [3.8, 4) is 0 Å². The Hall–Kier alpha value is -3.62. The van der Waals surface area contributed by atoms with Gasteiger partial charge >= 0.3 is 5.76 Å². The van der Waals surface area contributed by atoms with Crippen LogP contribution in [0.1, 0.15) is 31.2 Å². The number of nitro benzene ring substituents is 1. The van der Waals surface area contributed by atoms with Gasteiger partial charge in [-0.3, -0.25) is 19.5 Å². The standard InChI is InChI=1S/C23H26N4O5/c1-24(16-17-7-2-3-8-19(17)25-12-4-5-13-25)22(28)9-6-14-26-20-11-10-18(27(30)31)15-21(20)32-23(26)29/h2-3,7-8,10-11,15H,4-6,9,12-14,16H2,1H3. The van der Waals surface area contributed by atoms with Crippen molar-refractivity contribution >= 4 is 28.4 Å². The van der Waals surface area contributed by atoms with E-state index in [4.69, 9.17) is 4.42 Å². The Balaban J connectivity index is 1.37. The molecule has 1 aliphatic heterocycles. The summed E-state index contributed by atoms with van der Waals surface area (Å²) in [7, 11) is 1.79. The lowest BCUT2D eigenvalue weighted by Crippen LogP contribution is -2.28. The third kappa shape index (κ3) is 4.51. The number of non-ortho nitro benzene ring substituents is 1. The van der Waals surface area contributed by atoms with E-state index in [0.717, 1.165) is 18.7 Å². The van der Waals surface area contributed by atoms with E-state index in [1.54, 1.807) is 11.9 Å². The number of aromatic nitrogens is 1. The zero-order chi connectivity index (χ0) is 22.7. The van der Waals surface area contributed by atoms with E-state index in [2.05, 4.69) is 17.0 Å². The van der Waals surface area contributed by atoms with Crippen molar-refractivity contribution < 1.29 is 14.1 Å². The van der Waals surface area contributed by atoms with Gasteiger partial charge in [0, 0.05) is 51.4 Å². The number of oxazole rings is 1. The van der Waals surface area contributed by atoms with Crippen LogP contribution in [-0.4, -0.2) is 40.4 Å². The smallest absolute Gasteiger partial charge is 0.407 e. The molecule has 1 saturated heterocycles. The number of aryl methyl sites for hydroxylation is 1. The minimum Gasteiger partial charge on any atom is -0.407 e. The van der Waals surface area contributed by atoms with Crippen molar-refractivity contribution in [2.45, 2.75) is 38.8 Å². The summed E-state index contributed by atoms with van der Waals surface area (Å²) in [6.07, 6.45) is 3.13. The van der Waals surface area contributed by atoms with Crippen molar-refractivity contribution in [3.05, 3.63) is 68.7 Å². The first-order valence-corrected chi connectivity index (χ1v) is 10.8. The molecule has 0 unspecified atom stereocenters. The molecule has 0 aliphatic carbocycles. The Labute approximate surface area is 185 Å². The largest absolute Gasteiger partial charge is 0.419 e. The first-order valence-electron chi connectivity index (χ1n) is 10.8. The van der Waals surface area contributed by atoms with Crippen LogP contribution in [0.5, 0.6) is 0 Å². The summed E-state index contributed by atoms with van der Waals surface area (Å²) in [5.74, 6) is -0.585. The van der Waals surface area contributed by atoms with Crippen LogP contribution < -0.4 is 10.7 Å². The predicted octanol–water partition coefficient (Wildman–Crippen LogP) is 3.54. The molecule has 9 heteroatoms. The normalized spacial score (nSPS) is 13.6. The van der Waals surface area contributed by atoms with Crippen LogP contribution >= 0.6 is 0 Å². The number of benzene rings is 2. The van der Waals surface area contributed by atoms with Gasteiger partial charge in [-0.1, -0.05) is 18.2 Å². The van der Waals surface area contributed by atoms with Crippen molar-refractivity contribution in [3.63, 3.8) is 0 Å². The highest BCUT2D eigenvalue weighted by molar-refractivity contribution is 5.77. The number of fused-ring (bicyclic) bond motifs is 1. The molecule has 1 aliphatic rings. The molecular weight excluding hydrogens is 412 g/mol. The zero-order valence-corrected chi connectivity index (χ0v) is 18.0. The molecule has 1 fully saturated rings. The van der Waals surface area contributed by atoms with Crippen molar-refractivity contribution in [2.75, 3.05) is 25.0 Å². The minimum atomic E-state index is -0.583. The lowest BCUT2D eigenvalue weighted by molar-refractivity contribution is -0.384. The summed E-state index contributed by atoms with van der Waals surface area (Å²) in [5.41, 5.74) is 2.84. The van der Waals surface area contributed by atoms with Crippen LogP contribution in [0, 0.1) is 10.1 Å². The third-order valence-corrected chi connectivity index (χ3v) is 5.91. The molecule has 9 nitrogen and oxygen atoms in total. The van der Waals surface area contributed by atoms with Crippen LogP contribution in [0.25, 0.3) is 11.1 Å². The van der Waals surface area contributed by atoms with Gasteiger partial charge in [0.05, 0.1) is 16.5 Å². The molecule has 0 N–H and O–H groups in total. The van der Waals surface area contributed by atoms with E-state index < -0.39 is 10.7 Å². The van der Waals surface area contributed by atoms with Crippen LogP contribution in [0.3, 0.4) is 0 Å². The molecule has 168 valence electrons. The summed E-state index contributed by atoms with van der Waals surface area (Å²) in [5, 5.41) is 10.9. The first kappa shape index (κ1) is 21.6. The van der Waals surface area contributed by atoms with Gasteiger partial charge in [-0.25, -0.2) is 4.79 Å². The van der Waals surface area contributed by atoms with Gasteiger partial charge in [0.2, 0.25) is 5.91 Å². The van der Waals surface area contributed by atoms with Crippen LogP contribution in [0.2, 0.25) is 0 Å². The number of nitro groups is 1. The molecule has 32 heavy (non-hydrogen) atoms. The topological polar surface area (TPSA) is 102 Å². The number of hydrogen-bond acceptors (Lipinski definition) is 6. The third-order valence-electron chi connectivity index (χ3n) is 5.91. The second-order valence-corrected chi connectivity index (χ2v) is 8.10. The zero-order valence-electron chi connectivity index (χ0n) is 18.0. The van der Waals surface area contributed by atoms with E-state index >= 15 is 0 Å². The van der Waals surface area contributed by atoms with Gasteiger partial charge in [0.25, 0.3) is 5.69 Å². The Morgan fingerprint density at radius 1 is 1.19 bits per heavy atom. The molecule has 0 spiro atoms. The summed E-state index contributed by atoms with van der Waals surface area (Å²) in [6, 6.07) is 12.3. The highest BCUT2D eigenvalue weighted by atomic mass is 16.6. The van der Waals surface area contributed by atoms with Crippen LogP contribution in [0.15, 0.2) is 51.7 Å². The summed E-state index contributed by atoms with van der Waals surface area (Å²) in [4.78, 5) is 39.3. The van der Waals surface area contributed by atoms with Crippen molar-refractivity contribution in [1.82, 2.24) is 9.47 Å². The molecule has 4 rings (SSSR count). The van der Waals surface area contributed by atoms with Gasteiger partial charge < -0.3 is 14.2 Å². The molecule has 2 aromatic carbocycles. The summed E-state index contributed by atoms with van der Waals surface area (Å²) >= 11 is 0. The molecule has 3 aromatic rings. The van der Waals surface area contributed by atoms with Gasteiger partial charge in [0.15, 0.2) is 5.58 Å². The van der Waals surface area contributed by atoms with E-state index in [-0.39, 0.29) is 23.6 Å². The van der Waals surface area contributed by atoms with Gasteiger partial charge in [-0.2, -0.15) is 0 Å². The SMILES string of the molecule is CN(Cc1ccccc1N1CCCC1)C(=O)CCCn1c(=O)oc2cc([N+](=O)[O-])ccc21. The Bertz CT molecular complexity index is 1190. The predicted molar refractivity (Wildman–Crippen MR) is 121 cm³/mol. The fourth-order valence-electron chi connectivity index (χ4n) is 4.21. The molecule has 1 aromatic heterocycles. The van der Waals surface area contributed by atoms with E-state index in [0.29, 0.717) is 25.0 Å². The van der Waals surface area contributed by atoms with Crippen molar-refractivity contribution in [1.29, 1.82) is 0 Å². The molecule has 2 heterocycles. The summed E-state index contributed by atoms with van der Waals surface area (Å²) in [6.45, 7) is 2.92. The fraction of sp³-hybridized carbons (Fsp3) is 0.391. The number of hydrogen-bond donors (Lipinski definition) is 0. The van der Waals surface area contributed by atoms with E-state index in [9.17, 15) is 19.7 Å². The lowest BCUT2D eigenvalue weighted by atomic mass is 10.1.